The summed E-state index contributed by atoms with van der Waals surface area (Å²) in [5.74, 6) is 1.26. The highest BCUT2D eigenvalue weighted by Gasteiger charge is 2.23. The van der Waals surface area contributed by atoms with E-state index in [1.54, 1.807) is 36.3 Å². The Labute approximate surface area is 164 Å². The number of anilines is 1. The minimum atomic E-state index is -0.352. The van der Waals surface area contributed by atoms with Gasteiger partial charge in [-0.2, -0.15) is 0 Å². The lowest BCUT2D eigenvalue weighted by atomic mass is 9.99. The number of hydrogen-bond acceptors (Lipinski definition) is 5. The third-order valence-corrected chi connectivity index (χ3v) is 4.97. The largest absolute Gasteiger partial charge is 0.497 e. The van der Waals surface area contributed by atoms with Crippen LogP contribution in [0.2, 0.25) is 0 Å². The summed E-state index contributed by atoms with van der Waals surface area (Å²) in [6.45, 7) is 3.64. The number of methoxy groups -OCH3 is 2. The van der Waals surface area contributed by atoms with Crippen molar-refractivity contribution in [3.05, 3.63) is 47.8 Å². The number of carbonyl (C=O) groups excluding carboxylic acids is 2. The molecule has 0 unspecified atom stereocenters. The van der Waals surface area contributed by atoms with Gasteiger partial charge in [0.15, 0.2) is 0 Å². The van der Waals surface area contributed by atoms with Gasteiger partial charge < -0.3 is 19.7 Å². The van der Waals surface area contributed by atoms with Crippen molar-refractivity contribution in [3.8, 4) is 11.5 Å². The maximum Gasteiger partial charge on any atom is 0.272 e. The highest BCUT2D eigenvalue weighted by Crippen LogP contribution is 2.29. The second kappa shape index (κ2) is 8.73. The topological polar surface area (TPSA) is 80.8 Å². The molecule has 0 spiro atoms. The van der Waals surface area contributed by atoms with Crippen molar-refractivity contribution in [2.24, 2.45) is 5.92 Å². The first kappa shape index (κ1) is 19.7. The molecule has 7 heteroatoms. The van der Waals surface area contributed by atoms with Gasteiger partial charge in [-0.25, -0.2) is 0 Å². The zero-order valence-corrected chi connectivity index (χ0v) is 16.4. The van der Waals surface area contributed by atoms with E-state index >= 15 is 0 Å². The maximum absolute atomic E-state index is 12.7. The summed E-state index contributed by atoms with van der Waals surface area (Å²) in [4.78, 5) is 31.4. The molecule has 0 atom stereocenters. The van der Waals surface area contributed by atoms with Gasteiger partial charge in [-0.15, -0.1) is 0 Å². The Bertz CT molecular complexity index is 860. The minimum absolute atomic E-state index is 0.138. The number of nitrogens with zero attached hydrogens (tertiary/aromatic N) is 2. The Morgan fingerprint density at radius 3 is 2.54 bits per heavy atom. The normalized spacial score (nSPS) is 14.5. The van der Waals surface area contributed by atoms with Crippen LogP contribution in [0.5, 0.6) is 11.5 Å². The Kier molecular flexibility index (Phi) is 6.13. The molecule has 1 aromatic carbocycles. The molecule has 148 valence electrons. The third-order valence-electron chi connectivity index (χ3n) is 4.97. The number of ether oxygens (including phenoxy) is 2. The van der Waals surface area contributed by atoms with Crippen LogP contribution in [0.25, 0.3) is 0 Å². The van der Waals surface area contributed by atoms with Crippen molar-refractivity contribution in [1.29, 1.82) is 0 Å². The van der Waals surface area contributed by atoms with Gasteiger partial charge in [0.2, 0.25) is 0 Å². The molecule has 0 aliphatic carbocycles. The van der Waals surface area contributed by atoms with Crippen LogP contribution in [0.4, 0.5) is 5.69 Å². The Morgan fingerprint density at radius 1 is 1.11 bits per heavy atom. The molecule has 1 fully saturated rings. The molecule has 1 aromatic heterocycles. The van der Waals surface area contributed by atoms with Crippen LogP contribution in [0, 0.1) is 5.92 Å². The molecular formula is C21H25N3O4. The average molecular weight is 383 g/mol. The van der Waals surface area contributed by atoms with E-state index < -0.39 is 0 Å². The second-order valence-corrected chi connectivity index (χ2v) is 6.92. The molecule has 0 radical (unpaired) electrons. The molecule has 7 nitrogen and oxygen atoms in total. The van der Waals surface area contributed by atoms with Crippen molar-refractivity contribution in [2.45, 2.75) is 19.8 Å². The monoisotopic (exact) mass is 383 g/mol. The van der Waals surface area contributed by atoms with E-state index in [1.807, 2.05) is 0 Å². The van der Waals surface area contributed by atoms with Crippen molar-refractivity contribution >= 4 is 17.5 Å². The molecule has 1 aliphatic heterocycles. The Morgan fingerprint density at radius 2 is 1.86 bits per heavy atom. The van der Waals surface area contributed by atoms with E-state index in [0.29, 0.717) is 28.7 Å². The smallest absolute Gasteiger partial charge is 0.272 e. The lowest BCUT2D eigenvalue weighted by Gasteiger charge is -2.30. The van der Waals surface area contributed by atoms with E-state index in [2.05, 4.69) is 17.2 Å². The van der Waals surface area contributed by atoms with Crippen LogP contribution in [-0.4, -0.2) is 49.0 Å². The van der Waals surface area contributed by atoms with Crippen LogP contribution in [0.3, 0.4) is 0 Å². The van der Waals surface area contributed by atoms with Gasteiger partial charge in [0.25, 0.3) is 11.8 Å². The summed E-state index contributed by atoms with van der Waals surface area (Å²) in [5.41, 5.74) is 1.12. The molecule has 1 saturated heterocycles. The number of rotatable bonds is 5. The quantitative estimate of drug-likeness (QED) is 0.857. The number of nitrogens with one attached hydrogen (secondary N) is 1. The number of carbonyl (C=O) groups is 2. The van der Waals surface area contributed by atoms with Crippen LogP contribution < -0.4 is 14.8 Å². The molecule has 28 heavy (non-hydrogen) atoms. The molecule has 0 bridgehead atoms. The first-order valence-corrected chi connectivity index (χ1v) is 9.30. The van der Waals surface area contributed by atoms with E-state index in [-0.39, 0.29) is 17.5 Å². The summed E-state index contributed by atoms with van der Waals surface area (Å²) >= 11 is 0. The minimum Gasteiger partial charge on any atom is -0.497 e. The van der Waals surface area contributed by atoms with Gasteiger partial charge in [0, 0.05) is 30.9 Å². The molecule has 2 amide bonds. The van der Waals surface area contributed by atoms with E-state index in [1.165, 1.54) is 19.4 Å². The van der Waals surface area contributed by atoms with Gasteiger partial charge in [-0.3, -0.25) is 14.6 Å². The van der Waals surface area contributed by atoms with Crippen molar-refractivity contribution in [2.75, 3.05) is 32.6 Å². The molecular weight excluding hydrogens is 358 g/mol. The van der Waals surface area contributed by atoms with Crippen LogP contribution >= 0.6 is 0 Å². The molecule has 0 saturated carbocycles. The standard InChI is InChI=1S/C21H25N3O4/c1-14-7-10-24(11-8-14)21(26)18-12-15(6-9-22-18)20(25)23-17-13-16(27-2)4-5-19(17)28-3/h4-6,9,12-14H,7-8,10-11H2,1-3H3,(H,23,25). The summed E-state index contributed by atoms with van der Waals surface area (Å²) < 4.78 is 10.5. The number of hydrogen-bond donors (Lipinski definition) is 1. The lowest BCUT2D eigenvalue weighted by Crippen LogP contribution is -2.38. The zero-order chi connectivity index (χ0) is 20.1. The molecule has 3 rings (SSSR count). The first-order valence-electron chi connectivity index (χ1n) is 9.30. The SMILES string of the molecule is COc1ccc(OC)c(NC(=O)c2ccnc(C(=O)N3CCC(C)CC3)c2)c1. The van der Waals surface area contributed by atoms with Gasteiger partial charge in [0.1, 0.15) is 17.2 Å². The summed E-state index contributed by atoms with van der Waals surface area (Å²) in [7, 11) is 3.08. The molecule has 2 heterocycles. The second-order valence-electron chi connectivity index (χ2n) is 6.92. The zero-order valence-electron chi connectivity index (χ0n) is 16.4. The van der Waals surface area contributed by atoms with Gasteiger partial charge in [0.05, 0.1) is 19.9 Å². The summed E-state index contributed by atoms with van der Waals surface area (Å²) in [6, 6.07) is 8.25. The molecule has 1 aliphatic rings. The van der Waals surface area contributed by atoms with Gasteiger partial charge in [-0.1, -0.05) is 6.92 Å². The highest BCUT2D eigenvalue weighted by molar-refractivity contribution is 6.06. The number of pyridine rings is 1. The number of amides is 2. The fraction of sp³-hybridized carbons (Fsp3) is 0.381. The maximum atomic E-state index is 12.7. The van der Waals surface area contributed by atoms with E-state index in [0.717, 1.165) is 25.9 Å². The number of aromatic nitrogens is 1. The van der Waals surface area contributed by atoms with Crippen LogP contribution in [0.15, 0.2) is 36.5 Å². The first-order chi connectivity index (χ1) is 13.5. The predicted molar refractivity (Wildman–Crippen MR) is 106 cm³/mol. The fourth-order valence-corrected chi connectivity index (χ4v) is 3.17. The molecule has 2 aromatic rings. The van der Waals surface area contributed by atoms with Crippen molar-refractivity contribution in [3.63, 3.8) is 0 Å². The summed E-state index contributed by atoms with van der Waals surface area (Å²) in [5, 5.41) is 2.81. The third kappa shape index (κ3) is 4.42. The van der Waals surface area contributed by atoms with E-state index in [4.69, 9.17) is 9.47 Å². The Balaban J connectivity index is 1.76. The van der Waals surface area contributed by atoms with Gasteiger partial charge in [-0.05, 0) is 43.0 Å². The lowest BCUT2D eigenvalue weighted by molar-refractivity contribution is 0.0691. The molecule has 1 N–H and O–H groups in total. The van der Waals surface area contributed by atoms with Crippen LogP contribution in [0.1, 0.15) is 40.6 Å². The fourth-order valence-electron chi connectivity index (χ4n) is 3.17. The van der Waals surface area contributed by atoms with Gasteiger partial charge >= 0.3 is 0 Å². The Hall–Kier alpha value is -3.09. The van der Waals surface area contributed by atoms with E-state index in [9.17, 15) is 9.59 Å². The highest BCUT2D eigenvalue weighted by atomic mass is 16.5. The predicted octanol–water partition coefficient (Wildman–Crippen LogP) is 3.22. The average Bonchev–Trinajstić information content (AvgIpc) is 2.73. The van der Waals surface area contributed by atoms with Crippen LogP contribution in [-0.2, 0) is 0 Å². The number of likely N-dealkylation sites (tertiary alicyclic amines) is 1. The number of benzene rings is 1. The summed E-state index contributed by atoms with van der Waals surface area (Å²) in [6.07, 6.45) is 3.46. The van der Waals surface area contributed by atoms with Crippen molar-refractivity contribution in [1.82, 2.24) is 9.88 Å². The van der Waals surface area contributed by atoms with Crippen molar-refractivity contribution < 1.29 is 19.1 Å². The number of piperidine rings is 1.